The van der Waals surface area contributed by atoms with Gasteiger partial charge >= 0.3 is 0 Å². The minimum absolute atomic E-state index is 0.0336. The molecule has 0 unspecified atom stereocenters. The van der Waals surface area contributed by atoms with Crippen LogP contribution in [0.5, 0.6) is 0 Å². The highest BCUT2D eigenvalue weighted by Gasteiger charge is 2.18. The summed E-state index contributed by atoms with van der Waals surface area (Å²) in [6.45, 7) is 6.99. The highest BCUT2D eigenvalue weighted by atomic mass is 16.6. The lowest BCUT2D eigenvalue weighted by atomic mass is 9.96. The fraction of sp³-hybridized carbons (Fsp3) is 0.545. The molecule has 0 aliphatic heterocycles. The van der Waals surface area contributed by atoms with Gasteiger partial charge < -0.3 is 10.3 Å². The average molecular weight is 253 g/mol. The van der Waals surface area contributed by atoms with E-state index < -0.39 is 4.92 Å². The summed E-state index contributed by atoms with van der Waals surface area (Å²) in [6, 6.07) is 2.74. The Bertz CT molecular complexity index is 442. The minimum Gasteiger partial charge on any atom is -0.359 e. The van der Waals surface area contributed by atoms with Crippen LogP contribution in [0.2, 0.25) is 0 Å². The molecular weight excluding hydrogens is 234 g/mol. The van der Waals surface area contributed by atoms with Crippen LogP contribution in [0.3, 0.4) is 0 Å². The lowest BCUT2D eigenvalue weighted by Gasteiger charge is -2.27. The smallest absolute Gasteiger partial charge is 0.276 e. The molecule has 1 rings (SSSR count). The fourth-order valence-corrected chi connectivity index (χ4v) is 1.67. The zero-order valence-corrected chi connectivity index (χ0v) is 11.1. The van der Waals surface area contributed by atoms with Crippen molar-refractivity contribution in [3.05, 3.63) is 22.2 Å². The van der Waals surface area contributed by atoms with Gasteiger partial charge in [-0.05, 0) is 5.41 Å². The maximum absolute atomic E-state index is 10.8. The summed E-state index contributed by atoms with van der Waals surface area (Å²) in [5, 5.41) is 10.8. The normalized spacial score (nSPS) is 11.2. The molecule has 0 spiro atoms. The van der Waals surface area contributed by atoms with E-state index in [-0.39, 0.29) is 16.9 Å². The highest BCUT2D eigenvalue weighted by Crippen LogP contribution is 2.24. The molecule has 0 amide bonds. The zero-order valence-electron chi connectivity index (χ0n) is 11.1. The van der Waals surface area contributed by atoms with Crippen molar-refractivity contribution >= 4 is 17.3 Å². The van der Waals surface area contributed by atoms with E-state index in [0.717, 1.165) is 6.54 Å². The van der Waals surface area contributed by atoms with Gasteiger partial charge in [0.15, 0.2) is 0 Å². The Labute approximate surface area is 106 Å². The van der Waals surface area contributed by atoms with Crippen LogP contribution in [0.4, 0.5) is 17.3 Å². The molecule has 1 aromatic heterocycles. The second kappa shape index (κ2) is 5.18. The summed E-state index contributed by atoms with van der Waals surface area (Å²) in [7, 11) is 1.84. The van der Waals surface area contributed by atoms with Crippen LogP contribution in [0.1, 0.15) is 20.8 Å². The van der Waals surface area contributed by atoms with E-state index in [4.69, 9.17) is 5.84 Å². The SMILES string of the molecule is CN(CC(C)(C)C)c1cc([N+](=O)[O-])cc(NN)n1. The number of nitro groups is 1. The number of nitrogens with zero attached hydrogens (tertiary/aromatic N) is 3. The first-order chi connectivity index (χ1) is 8.23. The van der Waals surface area contributed by atoms with Gasteiger partial charge in [-0.3, -0.25) is 10.1 Å². The molecule has 0 aliphatic carbocycles. The number of nitrogen functional groups attached to an aromatic ring is 1. The molecule has 0 bridgehead atoms. The van der Waals surface area contributed by atoms with Crippen LogP contribution in [0, 0.1) is 15.5 Å². The molecule has 3 N–H and O–H groups in total. The third-order valence-corrected chi connectivity index (χ3v) is 2.26. The van der Waals surface area contributed by atoms with Gasteiger partial charge in [-0.1, -0.05) is 20.8 Å². The van der Waals surface area contributed by atoms with Gasteiger partial charge in [0.2, 0.25) is 0 Å². The summed E-state index contributed by atoms with van der Waals surface area (Å²) < 4.78 is 0. The predicted octanol–water partition coefficient (Wildman–Crippen LogP) is 1.76. The molecule has 0 saturated carbocycles. The standard InChI is InChI=1S/C11H19N5O2/c1-11(2,3)7-15(4)10-6-8(16(17)18)5-9(13-10)14-12/h5-6H,7,12H2,1-4H3,(H,13,14). The van der Waals surface area contributed by atoms with Crippen molar-refractivity contribution < 1.29 is 4.92 Å². The Morgan fingerprint density at radius 3 is 2.56 bits per heavy atom. The van der Waals surface area contributed by atoms with Crippen molar-refractivity contribution in [2.24, 2.45) is 11.3 Å². The number of nitrogens with two attached hydrogens (primary N) is 1. The van der Waals surface area contributed by atoms with Crippen molar-refractivity contribution in [3.8, 4) is 0 Å². The third kappa shape index (κ3) is 3.85. The van der Waals surface area contributed by atoms with Crippen LogP contribution in [-0.2, 0) is 0 Å². The molecule has 0 atom stereocenters. The second-order valence-corrected chi connectivity index (χ2v) is 5.39. The van der Waals surface area contributed by atoms with Gasteiger partial charge in [-0.2, -0.15) is 0 Å². The van der Waals surface area contributed by atoms with E-state index in [2.05, 4.69) is 31.2 Å². The molecule has 0 radical (unpaired) electrons. The van der Waals surface area contributed by atoms with E-state index in [9.17, 15) is 10.1 Å². The lowest BCUT2D eigenvalue weighted by molar-refractivity contribution is -0.384. The highest BCUT2D eigenvalue weighted by molar-refractivity contribution is 5.55. The van der Waals surface area contributed by atoms with E-state index in [1.807, 2.05) is 11.9 Å². The molecule has 7 nitrogen and oxygen atoms in total. The third-order valence-electron chi connectivity index (χ3n) is 2.26. The predicted molar refractivity (Wildman–Crippen MR) is 71.4 cm³/mol. The molecule has 1 aromatic rings. The maximum atomic E-state index is 10.8. The van der Waals surface area contributed by atoms with Crippen LogP contribution in [-0.4, -0.2) is 23.5 Å². The Morgan fingerprint density at radius 2 is 2.11 bits per heavy atom. The summed E-state index contributed by atoms with van der Waals surface area (Å²) in [4.78, 5) is 16.4. The van der Waals surface area contributed by atoms with Crippen molar-refractivity contribution in [3.63, 3.8) is 0 Å². The number of anilines is 2. The molecule has 0 saturated heterocycles. The van der Waals surface area contributed by atoms with Gasteiger partial charge in [-0.25, -0.2) is 10.8 Å². The quantitative estimate of drug-likeness (QED) is 0.482. The average Bonchev–Trinajstić information content (AvgIpc) is 2.26. The zero-order chi connectivity index (χ0) is 13.9. The number of hydrazine groups is 1. The van der Waals surface area contributed by atoms with E-state index in [0.29, 0.717) is 5.82 Å². The fourth-order valence-electron chi connectivity index (χ4n) is 1.67. The van der Waals surface area contributed by atoms with Gasteiger partial charge in [0.1, 0.15) is 11.6 Å². The first kappa shape index (κ1) is 14.2. The lowest BCUT2D eigenvalue weighted by Crippen LogP contribution is -2.30. The Balaban J connectivity index is 3.07. The molecule has 18 heavy (non-hydrogen) atoms. The number of aromatic nitrogens is 1. The summed E-state index contributed by atoms with van der Waals surface area (Å²) in [6.07, 6.45) is 0. The Morgan fingerprint density at radius 1 is 1.50 bits per heavy atom. The van der Waals surface area contributed by atoms with Gasteiger partial charge in [-0.15, -0.1) is 0 Å². The number of pyridine rings is 1. The molecule has 7 heteroatoms. The van der Waals surface area contributed by atoms with Crippen molar-refractivity contribution in [2.45, 2.75) is 20.8 Å². The van der Waals surface area contributed by atoms with E-state index in [1.54, 1.807) is 0 Å². The summed E-state index contributed by atoms with van der Waals surface area (Å²) in [5.74, 6) is 6.06. The van der Waals surface area contributed by atoms with Gasteiger partial charge in [0.25, 0.3) is 5.69 Å². The van der Waals surface area contributed by atoms with Crippen molar-refractivity contribution in [2.75, 3.05) is 23.9 Å². The summed E-state index contributed by atoms with van der Waals surface area (Å²) >= 11 is 0. The second-order valence-electron chi connectivity index (χ2n) is 5.39. The summed E-state index contributed by atoms with van der Waals surface area (Å²) in [5.41, 5.74) is 2.37. The largest absolute Gasteiger partial charge is 0.359 e. The number of hydrogen-bond acceptors (Lipinski definition) is 6. The Hall–Kier alpha value is -1.89. The number of nitrogens with one attached hydrogen (secondary N) is 1. The van der Waals surface area contributed by atoms with Crippen LogP contribution in [0.15, 0.2) is 12.1 Å². The van der Waals surface area contributed by atoms with Gasteiger partial charge in [0, 0.05) is 13.6 Å². The Kier molecular flexibility index (Phi) is 4.07. The topological polar surface area (TPSA) is 97.3 Å². The molecule has 0 aliphatic rings. The molecule has 1 heterocycles. The molecule has 0 aromatic carbocycles. The van der Waals surface area contributed by atoms with Gasteiger partial charge in [0.05, 0.1) is 17.1 Å². The first-order valence-electron chi connectivity index (χ1n) is 5.57. The number of rotatable bonds is 4. The maximum Gasteiger partial charge on any atom is 0.276 e. The monoisotopic (exact) mass is 253 g/mol. The molecular formula is C11H19N5O2. The van der Waals surface area contributed by atoms with Crippen LogP contribution in [0.25, 0.3) is 0 Å². The van der Waals surface area contributed by atoms with Crippen LogP contribution < -0.4 is 16.2 Å². The van der Waals surface area contributed by atoms with E-state index >= 15 is 0 Å². The molecule has 0 fully saturated rings. The van der Waals surface area contributed by atoms with E-state index in [1.165, 1.54) is 12.1 Å². The van der Waals surface area contributed by atoms with Crippen molar-refractivity contribution in [1.29, 1.82) is 0 Å². The number of hydrogen-bond donors (Lipinski definition) is 2. The van der Waals surface area contributed by atoms with Crippen LogP contribution >= 0.6 is 0 Å². The molecule has 100 valence electrons. The minimum atomic E-state index is -0.461. The van der Waals surface area contributed by atoms with Crippen molar-refractivity contribution in [1.82, 2.24) is 4.98 Å². The first-order valence-corrected chi connectivity index (χ1v) is 5.57.